The molecular formula is C57H32N2. The minimum atomic E-state index is 0.669. The van der Waals surface area contributed by atoms with Gasteiger partial charge >= 0.3 is 0 Å². The highest BCUT2D eigenvalue weighted by atomic mass is 15.0. The molecule has 13 aromatic rings. The van der Waals surface area contributed by atoms with Gasteiger partial charge in [-0.3, -0.25) is 0 Å². The zero-order valence-electron chi connectivity index (χ0n) is 31.9. The lowest BCUT2D eigenvalue weighted by atomic mass is 9.86. The monoisotopic (exact) mass is 744 g/mol. The summed E-state index contributed by atoms with van der Waals surface area (Å²) in [5.41, 5.74) is 11.3. The lowest BCUT2D eigenvalue weighted by Gasteiger charge is -2.17. The fraction of sp³-hybridized carbons (Fsp3) is 0. The van der Waals surface area contributed by atoms with E-state index in [2.05, 4.69) is 187 Å². The van der Waals surface area contributed by atoms with Gasteiger partial charge in [0.2, 0.25) is 0 Å². The van der Waals surface area contributed by atoms with Crippen LogP contribution in [-0.4, -0.2) is 4.57 Å². The average Bonchev–Trinajstić information content (AvgIpc) is 3.64. The largest absolute Gasteiger partial charge is 0.309 e. The van der Waals surface area contributed by atoms with Gasteiger partial charge in [-0.05, 0) is 153 Å². The summed E-state index contributed by atoms with van der Waals surface area (Å²) in [4.78, 5) is 0. The molecule has 0 saturated carbocycles. The molecule has 2 heteroatoms. The molecule has 1 heterocycles. The average molecular weight is 745 g/mol. The SMILES string of the molecule is N#Cc1cc2ccc3cc(-c4ccc5cc(-c6ccc7ccc8c(-c9ccc%10ccccc%10c9)ccc9ccc6c7c98)ccc5c4)cc4c3c2c(c1)n4-c1ccccc1. The molecule has 0 N–H and O–H groups in total. The molecule has 12 aromatic carbocycles. The van der Waals surface area contributed by atoms with Crippen molar-refractivity contribution in [3.63, 3.8) is 0 Å². The van der Waals surface area contributed by atoms with Crippen molar-refractivity contribution in [3.05, 3.63) is 200 Å². The lowest BCUT2D eigenvalue weighted by Crippen LogP contribution is -1.94. The summed E-state index contributed by atoms with van der Waals surface area (Å²) >= 11 is 0. The van der Waals surface area contributed by atoms with E-state index in [9.17, 15) is 5.26 Å². The molecule has 0 unspecified atom stereocenters. The van der Waals surface area contributed by atoms with Gasteiger partial charge < -0.3 is 4.57 Å². The van der Waals surface area contributed by atoms with E-state index in [0.29, 0.717) is 5.56 Å². The zero-order valence-corrected chi connectivity index (χ0v) is 31.9. The molecule has 0 radical (unpaired) electrons. The molecule has 0 atom stereocenters. The van der Waals surface area contributed by atoms with Crippen LogP contribution in [0, 0.1) is 11.3 Å². The summed E-state index contributed by atoms with van der Waals surface area (Å²) in [6, 6.07) is 73.5. The van der Waals surface area contributed by atoms with Crippen LogP contribution in [0.3, 0.4) is 0 Å². The number of para-hydroxylation sites is 1. The van der Waals surface area contributed by atoms with Crippen molar-refractivity contribution in [3.8, 4) is 45.1 Å². The molecule has 0 spiro atoms. The number of nitriles is 1. The molecule has 270 valence electrons. The number of hydrogen-bond donors (Lipinski definition) is 0. The second kappa shape index (κ2) is 12.0. The van der Waals surface area contributed by atoms with E-state index in [1.165, 1.54) is 103 Å². The Bertz CT molecular complexity index is 3900. The Morgan fingerprint density at radius 2 is 0.797 bits per heavy atom. The van der Waals surface area contributed by atoms with Crippen LogP contribution in [0.1, 0.15) is 5.56 Å². The standard InChI is InChI=1S/C57H32N2/c58-33-34-26-44-16-17-45-31-46(32-53-57(45)56(44)52(27-34)59(53)47-8-2-1-3-9-47)41-12-11-40-30-43(15-13-39(40)28-41)49-23-19-37-20-24-50-48(22-18-36-21-25-51(49)55(37)54(36)50)42-14-10-35-6-4-5-7-38(35)29-42/h1-32H. The Morgan fingerprint density at radius 3 is 1.46 bits per heavy atom. The maximum Gasteiger partial charge on any atom is 0.0992 e. The van der Waals surface area contributed by atoms with Crippen molar-refractivity contribution < 1.29 is 0 Å². The number of fused-ring (bicyclic) bond motifs is 2. The molecule has 13 rings (SSSR count). The lowest BCUT2D eigenvalue weighted by molar-refractivity contribution is 1.18. The Kier molecular flexibility index (Phi) is 6.54. The second-order valence-corrected chi connectivity index (χ2v) is 16.0. The molecule has 0 fully saturated rings. The zero-order chi connectivity index (χ0) is 38.8. The molecule has 0 aliphatic carbocycles. The number of rotatable bonds is 4. The summed E-state index contributed by atoms with van der Waals surface area (Å²) in [6.07, 6.45) is 0. The molecule has 2 nitrogen and oxygen atoms in total. The normalized spacial score (nSPS) is 12.1. The summed E-state index contributed by atoms with van der Waals surface area (Å²) in [7, 11) is 0. The number of hydrogen-bond acceptors (Lipinski definition) is 1. The van der Waals surface area contributed by atoms with Crippen molar-refractivity contribution in [2.45, 2.75) is 0 Å². The molecule has 0 aliphatic heterocycles. The van der Waals surface area contributed by atoms with E-state index in [4.69, 9.17) is 0 Å². The smallest absolute Gasteiger partial charge is 0.0992 e. The second-order valence-electron chi connectivity index (χ2n) is 16.0. The quantitative estimate of drug-likeness (QED) is 0.165. The molecule has 59 heavy (non-hydrogen) atoms. The third-order valence-electron chi connectivity index (χ3n) is 12.8. The fourth-order valence-electron chi connectivity index (χ4n) is 10.1. The Labute approximate surface area is 339 Å². The van der Waals surface area contributed by atoms with Crippen LogP contribution >= 0.6 is 0 Å². The first-order valence-electron chi connectivity index (χ1n) is 20.2. The predicted octanol–water partition coefficient (Wildman–Crippen LogP) is 15.5. The molecule has 0 amide bonds. The van der Waals surface area contributed by atoms with Gasteiger partial charge in [0.25, 0.3) is 0 Å². The van der Waals surface area contributed by atoms with Crippen LogP contribution in [-0.2, 0) is 0 Å². The van der Waals surface area contributed by atoms with Gasteiger partial charge in [0, 0.05) is 16.5 Å². The summed E-state index contributed by atoms with van der Waals surface area (Å²) < 4.78 is 2.32. The highest BCUT2D eigenvalue weighted by Crippen LogP contribution is 2.45. The highest BCUT2D eigenvalue weighted by molar-refractivity contribution is 6.28. The Balaban J connectivity index is 0.940. The van der Waals surface area contributed by atoms with E-state index < -0.39 is 0 Å². The van der Waals surface area contributed by atoms with Gasteiger partial charge in [-0.25, -0.2) is 0 Å². The van der Waals surface area contributed by atoms with Crippen molar-refractivity contribution in [1.82, 2.24) is 4.57 Å². The Hall–Kier alpha value is -7.99. The van der Waals surface area contributed by atoms with E-state index in [1.54, 1.807) is 0 Å². The van der Waals surface area contributed by atoms with E-state index in [1.807, 2.05) is 18.2 Å². The van der Waals surface area contributed by atoms with Crippen LogP contribution < -0.4 is 0 Å². The Morgan fingerprint density at radius 1 is 0.322 bits per heavy atom. The minimum Gasteiger partial charge on any atom is -0.309 e. The van der Waals surface area contributed by atoms with Gasteiger partial charge in [0.15, 0.2) is 0 Å². The van der Waals surface area contributed by atoms with E-state index in [0.717, 1.165) is 22.1 Å². The van der Waals surface area contributed by atoms with Gasteiger partial charge in [0.1, 0.15) is 0 Å². The number of benzene rings is 12. The molecular weight excluding hydrogens is 713 g/mol. The van der Waals surface area contributed by atoms with Gasteiger partial charge in [0.05, 0.1) is 22.7 Å². The van der Waals surface area contributed by atoms with Crippen molar-refractivity contribution in [2.75, 3.05) is 0 Å². The highest BCUT2D eigenvalue weighted by Gasteiger charge is 2.20. The predicted molar refractivity (Wildman–Crippen MR) is 249 cm³/mol. The van der Waals surface area contributed by atoms with Crippen LogP contribution in [0.25, 0.3) is 126 Å². The van der Waals surface area contributed by atoms with Crippen LogP contribution in [0.15, 0.2) is 194 Å². The first-order valence-corrected chi connectivity index (χ1v) is 20.2. The molecule has 1 aromatic heterocycles. The first-order chi connectivity index (χ1) is 29.2. The van der Waals surface area contributed by atoms with Crippen molar-refractivity contribution in [2.24, 2.45) is 0 Å². The number of aromatic nitrogens is 1. The minimum absolute atomic E-state index is 0.669. The molecule has 0 bridgehead atoms. The topological polar surface area (TPSA) is 28.7 Å². The van der Waals surface area contributed by atoms with Crippen LogP contribution in [0.2, 0.25) is 0 Å². The van der Waals surface area contributed by atoms with E-state index >= 15 is 0 Å². The molecule has 0 saturated heterocycles. The number of nitrogens with zero attached hydrogens (tertiary/aromatic N) is 2. The summed E-state index contributed by atoms with van der Waals surface area (Å²) in [6.45, 7) is 0. The van der Waals surface area contributed by atoms with Gasteiger partial charge in [-0.1, -0.05) is 140 Å². The maximum atomic E-state index is 9.92. The molecule has 0 aliphatic rings. The summed E-state index contributed by atoms with van der Waals surface area (Å²) in [5, 5.41) is 27.4. The third kappa shape index (κ3) is 4.68. The van der Waals surface area contributed by atoms with E-state index in [-0.39, 0.29) is 0 Å². The van der Waals surface area contributed by atoms with Gasteiger partial charge in [-0.2, -0.15) is 5.26 Å². The van der Waals surface area contributed by atoms with Crippen molar-refractivity contribution in [1.29, 1.82) is 5.26 Å². The van der Waals surface area contributed by atoms with Crippen molar-refractivity contribution >= 4 is 86.4 Å². The maximum absolute atomic E-state index is 9.92. The van der Waals surface area contributed by atoms with Crippen LogP contribution in [0.5, 0.6) is 0 Å². The van der Waals surface area contributed by atoms with Gasteiger partial charge in [-0.15, -0.1) is 0 Å². The fourth-order valence-corrected chi connectivity index (χ4v) is 10.1. The first kappa shape index (κ1) is 32.1. The summed E-state index contributed by atoms with van der Waals surface area (Å²) in [5.74, 6) is 0. The third-order valence-corrected chi connectivity index (χ3v) is 12.8. The van der Waals surface area contributed by atoms with Crippen LogP contribution in [0.4, 0.5) is 0 Å².